The molecule has 0 bridgehead atoms. The van der Waals surface area contributed by atoms with E-state index < -0.39 is 0 Å². The number of hydrogen-bond donors (Lipinski definition) is 2. The second-order valence-electron chi connectivity index (χ2n) is 4.29. The van der Waals surface area contributed by atoms with Crippen LogP contribution in [0, 0.1) is 5.92 Å². The third kappa shape index (κ3) is 4.03. The lowest BCUT2D eigenvalue weighted by Gasteiger charge is -2.18. The summed E-state index contributed by atoms with van der Waals surface area (Å²) >= 11 is 1.95. The molecule has 3 nitrogen and oxygen atoms in total. The lowest BCUT2D eigenvalue weighted by molar-refractivity contribution is -0.123. The fourth-order valence-corrected chi connectivity index (χ4v) is 2.85. The minimum Gasteiger partial charge on any atom is -0.354 e. The first kappa shape index (κ1) is 12.8. The Morgan fingerprint density at radius 3 is 2.93 bits per heavy atom. The van der Waals surface area contributed by atoms with Crippen LogP contribution in [0.1, 0.15) is 33.1 Å². The highest BCUT2D eigenvalue weighted by molar-refractivity contribution is 8.00. The van der Waals surface area contributed by atoms with E-state index in [0.717, 1.165) is 13.0 Å². The maximum absolute atomic E-state index is 11.7. The van der Waals surface area contributed by atoms with Crippen LogP contribution in [-0.4, -0.2) is 29.5 Å². The van der Waals surface area contributed by atoms with Crippen molar-refractivity contribution < 1.29 is 4.79 Å². The molecule has 3 atom stereocenters. The first-order chi connectivity index (χ1) is 7.15. The standard InChI is InChI=1S/C11H22N2OS/c1-3-8(2)10(12)11(14)13-7-9-5-4-6-15-9/h8-10H,3-7,12H2,1-2H3,(H,13,14). The number of thioether (sulfide) groups is 1. The van der Waals surface area contributed by atoms with Gasteiger partial charge in [0.25, 0.3) is 0 Å². The van der Waals surface area contributed by atoms with Gasteiger partial charge in [0.1, 0.15) is 0 Å². The molecule has 0 aromatic heterocycles. The fourth-order valence-electron chi connectivity index (χ4n) is 1.65. The van der Waals surface area contributed by atoms with E-state index in [1.54, 1.807) is 0 Å². The Kier molecular flexibility index (Phi) is 5.47. The molecule has 1 fully saturated rings. The van der Waals surface area contributed by atoms with Crippen LogP contribution in [0.4, 0.5) is 0 Å². The summed E-state index contributed by atoms with van der Waals surface area (Å²) in [6, 6.07) is -0.346. The van der Waals surface area contributed by atoms with E-state index in [4.69, 9.17) is 5.73 Å². The van der Waals surface area contributed by atoms with Gasteiger partial charge in [-0.2, -0.15) is 11.8 Å². The first-order valence-electron chi connectivity index (χ1n) is 5.80. The van der Waals surface area contributed by atoms with E-state index in [1.807, 2.05) is 18.7 Å². The lowest BCUT2D eigenvalue weighted by Crippen LogP contribution is -2.46. The molecule has 3 unspecified atom stereocenters. The molecule has 1 aliphatic heterocycles. The molecular formula is C11H22N2OS. The second kappa shape index (κ2) is 6.38. The number of rotatable bonds is 5. The van der Waals surface area contributed by atoms with E-state index in [2.05, 4.69) is 12.2 Å². The fraction of sp³-hybridized carbons (Fsp3) is 0.909. The number of nitrogens with two attached hydrogens (primary N) is 1. The molecule has 1 amide bonds. The van der Waals surface area contributed by atoms with Crippen molar-refractivity contribution in [2.75, 3.05) is 12.3 Å². The monoisotopic (exact) mass is 230 g/mol. The van der Waals surface area contributed by atoms with Crippen molar-refractivity contribution in [1.82, 2.24) is 5.32 Å². The van der Waals surface area contributed by atoms with E-state index >= 15 is 0 Å². The Labute approximate surface area is 96.6 Å². The van der Waals surface area contributed by atoms with Crippen molar-refractivity contribution >= 4 is 17.7 Å². The lowest BCUT2D eigenvalue weighted by atomic mass is 9.99. The van der Waals surface area contributed by atoms with Crippen molar-refractivity contribution in [3.8, 4) is 0 Å². The van der Waals surface area contributed by atoms with Crippen LogP contribution >= 0.6 is 11.8 Å². The van der Waals surface area contributed by atoms with Gasteiger partial charge in [-0.3, -0.25) is 4.79 Å². The summed E-state index contributed by atoms with van der Waals surface area (Å²) in [7, 11) is 0. The SMILES string of the molecule is CCC(C)C(N)C(=O)NCC1CCCS1. The van der Waals surface area contributed by atoms with Crippen LogP contribution in [0.15, 0.2) is 0 Å². The van der Waals surface area contributed by atoms with E-state index in [0.29, 0.717) is 5.25 Å². The summed E-state index contributed by atoms with van der Waals surface area (Å²) in [5.74, 6) is 1.51. The highest BCUT2D eigenvalue weighted by atomic mass is 32.2. The number of carbonyl (C=O) groups is 1. The summed E-state index contributed by atoms with van der Waals surface area (Å²) < 4.78 is 0. The zero-order valence-corrected chi connectivity index (χ0v) is 10.5. The summed E-state index contributed by atoms with van der Waals surface area (Å²) in [6.07, 6.45) is 3.46. The Bertz CT molecular complexity index is 205. The number of carbonyl (C=O) groups excluding carboxylic acids is 1. The van der Waals surface area contributed by atoms with Crippen molar-refractivity contribution in [1.29, 1.82) is 0 Å². The first-order valence-corrected chi connectivity index (χ1v) is 6.85. The van der Waals surface area contributed by atoms with Crippen LogP contribution in [0.3, 0.4) is 0 Å². The Morgan fingerprint density at radius 2 is 2.40 bits per heavy atom. The average molecular weight is 230 g/mol. The molecule has 1 rings (SSSR count). The molecule has 15 heavy (non-hydrogen) atoms. The Hall–Kier alpha value is -0.220. The van der Waals surface area contributed by atoms with Gasteiger partial charge in [-0.25, -0.2) is 0 Å². The minimum atomic E-state index is -0.346. The largest absolute Gasteiger partial charge is 0.354 e. The normalized spacial score (nSPS) is 24.9. The van der Waals surface area contributed by atoms with Crippen LogP contribution in [0.25, 0.3) is 0 Å². The molecule has 0 aromatic carbocycles. The maximum Gasteiger partial charge on any atom is 0.237 e. The Balaban J connectivity index is 2.22. The highest BCUT2D eigenvalue weighted by Gasteiger charge is 2.21. The van der Waals surface area contributed by atoms with E-state index in [1.165, 1.54) is 18.6 Å². The molecule has 1 heterocycles. The van der Waals surface area contributed by atoms with Crippen molar-refractivity contribution in [3.05, 3.63) is 0 Å². The smallest absolute Gasteiger partial charge is 0.237 e. The highest BCUT2D eigenvalue weighted by Crippen LogP contribution is 2.25. The third-order valence-electron chi connectivity index (χ3n) is 3.09. The third-order valence-corrected chi connectivity index (χ3v) is 4.49. The van der Waals surface area contributed by atoms with E-state index in [-0.39, 0.29) is 17.9 Å². The molecule has 4 heteroatoms. The minimum absolute atomic E-state index is 0.0110. The van der Waals surface area contributed by atoms with Crippen LogP contribution in [0.2, 0.25) is 0 Å². The predicted molar refractivity (Wildman–Crippen MR) is 65.9 cm³/mol. The number of nitrogens with one attached hydrogen (secondary N) is 1. The summed E-state index contributed by atoms with van der Waals surface area (Å²) in [5.41, 5.74) is 5.84. The van der Waals surface area contributed by atoms with Crippen molar-refractivity contribution in [2.24, 2.45) is 11.7 Å². The van der Waals surface area contributed by atoms with Gasteiger partial charge in [0.15, 0.2) is 0 Å². The Morgan fingerprint density at radius 1 is 1.67 bits per heavy atom. The van der Waals surface area contributed by atoms with Gasteiger partial charge in [-0.1, -0.05) is 20.3 Å². The molecule has 0 aromatic rings. The zero-order chi connectivity index (χ0) is 11.3. The second-order valence-corrected chi connectivity index (χ2v) is 5.70. The summed E-state index contributed by atoms with van der Waals surface area (Å²) in [6.45, 7) is 4.87. The van der Waals surface area contributed by atoms with Gasteiger partial charge in [-0.05, 0) is 24.5 Å². The molecule has 1 saturated heterocycles. The van der Waals surface area contributed by atoms with Gasteiger partial charge in [0.05, 0.1) is 6.04 Å². The van der Waals surface area contributed by atoms with Crippen LogP contribution in [-0.2, 0) is 4.79 Å². The van der Waals surface area contributed by atoms with Crippen LogP contribution in [0.5, 0.6) is 0 Å². The van der Waals surface area contributed by atoms with Crippen molar-refractivity contribution in [2.45, 2.75) is 44.4 Å². The number of amides is 1. The average Bonchev–Trinajstić information content (AvgIpc) is 2.76. The van der Waals surface area contributed by atoms with Gasteiger partial charge in [-0.15, -0.1) is 0 Å². The molecule has 0 radical (unpaired) electrons. The quantitative estimate of drug-likeness (QED) is 0.750. The molecule has 88 valence electrons. The van der Waals surface area contributed by atoms with Crippen LogP contribution < -0.4 is 11.1 Å². The molecule has 1 aliphatic rings. The van der Waals surface area contributed by atoms with Gasteiger partial charge >= 0.3 is 0 Å². The number of hydrogen-bond acceptors (Lipinski definition) is 3. The molecule has 0 saturated carbocycles. The molecule has 0 spiro atoms. The molecule has 3 N–H and O–H groups in total. The maximum atomic E-state index is 11.7. The summed E-state index contributed by atoms with van der Waals surface area (Å²) in [4.78, 5) is 11.7. The molecular weight excluding hydrogens is 208 g/mol. The van der Waals surface area contributed by atoms with E-state index in [9.17, 15) is 4.79 Å². The van der Waals surface area contributed by atoms with Gasteiger partial charge in [0, 0.05) is 11.8 Å². The van der Waals surface area contributed by atoms with Gasteiger partial charge < -0.3 is 11.1 Å². The topological polar surface area (TPSA) is 55.1 Å². The van der Waals surface area contributed by atoms with Gasteiger partial charge in [0.2, 0.25) is 5.91 Å². The zero-order valence-electron chi connectivity index (χ0n) is 9.66. The predicted octanol–water partition coefficient (Wildman–Crippen LogP) is 1.37. The van der Waals surface area contributed by atoms with Crippen molar-refractivity contribution in [3.63, 3.8) is 0 Å². The summed E-state index contributed by atoms with van der Waals surface area (Å²) in [5, 5.41) is 3.56. The molecule has 0 aliphatic carbocycles.